The molecule has 3 heteroatoms. The van der Waals surface area contributed by atoms with Gasteiger partial charge in [-0.15, -0.1) is 0 Å². The molecule has 2 rings (SSSR count). The molecule has 1 saturated carbocycles. The van der Waals surface area contributed by atoms with Crippen LogP contribution in [0.15, 0.2) is 0 Å². The van der Waals surface area contributed by atoms with Crippen molar-refractivity contribution in [3.63, 3.8) is 0 Å². The third-order valence-electron chi connectivity index (χ3n) is 3.73. The monoisotopic (exact) mass is 213 g/mol. The Balaban J connectivity index is 1.66. The first-order valence-electron chi connectivity index (χ1n) is 6.30. The zero-order chi connectivity index (χ0) is 10.7. The van der Waals surface area contributed by atoms with Crippen LogP contribution in [-0.4, -0.2) is 37.0 Å². The zero-order valence-electron chi connectivity index (χ0n) is 9.61. The lowest BCUT2D eigenvalue weighted by Gasteiger charge is -2.21. The van der Waals surface area contributed by atoms with Crippen LogP contribution in [0.25, 0.3) is 0 Å². The number of hydrogen-bond donors (Lipinski definition) is 2. The Morgan fingerprint density at radius 3 is 2.67 bits per heavy atom. The average molecular weight is 213 g/mol. The standard InChI is InChI=1S/C12H23NO2/c1-2-11(9-3-4-9)13-7-12(14)10-5-6-15-8-10/h9-14H,2-8H2,1H3. The molecular weight excluding hydrogens is 190 g/mol. The maximum absolute atomic E-state index is 9.95. The topological polar surface area (TPSA) is 41.5 Å². The van der Waals surface area contributed by atoms with E-state index < -0.39 is 0 Å². The van der Waals surface area contributed by atoms with Crippen LogP contribution in [0.5, 0.6) is 0 Å². The fourth-order valence-electron chi connectivity index (χ4n) is 2.44. The van der Waals surface area contributed by atoms with Gasteiger partial charge >= 0.3 is 0 Å². The van der Waals surface area contributed by atoms with E-state index in [0.29, 0.717) is 12.0 Å². The number of aliphatic hydroxyl groups excluding tert-OH is 1. The second-order valence-corrected chi connectivity index (χ2v) is 4.95. The minimum absolute atomic E-state index is 0.222. The summed E-state index contributed by atoms with van der Waals surface area (Å²) in [4.78, 5) is 0. The Labute approximate surface area is 92.2 Å². The minimum Gasteiger partial charge on any atom is -0.391 e. The fourth-order valence-corrected chi connectivity index (χ4v) is 2.44. The Bertz CT molecular complexity index is 188. The van der Waals surface area contributed by atoms with Crippen molar-refractivity contribution in [1.82, 2.24) is 5.32 Å². The van der Waals surface area contributed by atoms with E-state index in [2.05, 4.69) is 12.2 Å². The predicted molar refractivity (Wildman–Crippen MR) is 59.7 cm³/mol. The van der Waals surface area contributed by atoms with Crippen LogP contribution >= 0.6 is 0 Å². The molecule has 15 heavy (non-hydrogen) atoms. The predicted octanol–water partition coefficient (Wildman–Crippen LogP) is 1.16. The van der Waals surface area contributed by atoms with Crippen LogP contribution < -0.4 is 5.32 Å². The number of nitrogens with one attached hydrogen (secondary N) is 1. The molecule has 2 aliphatic rings. The smallest absolute Gasteiger partial charge is 0.0715 e. The van der Waals surface area contributed by atoms with Crippen LogP contribution in [0.3, 0.4) is 0 Å². The van der Waals surface area contributed by atoms with E-state index >= 15 is 0 Å². The summed E-state index contributed by atoms with van der Waals surface area (Å²) in [5.41, 5.74) is 0. The highest BCUT2D eigenvalue weighted by Crippen LogP contribution is 2.33. The molecule has 0 aromatic rings. The first kappa shape index (κ1) is 11.4. The maximum atomic E-state index is 9.95. The summed E-state index contributed by atoms with van der Waals surface area (Å²) >= 11 is 0. The first-order chi connectivity index (χ1) is 7.31. The van der Waals surface area contributed by atoms with Gasteiger partial charge in [0.25, 0.3) is 0 Å². The third kappa shape index (κ3) is 3.16. The van der Waals surface area contributed by atoms with E-state index in [4.69, 9.17) is 4.74 Å². The van der Waals surface area contributed by atoms with Crippen molar-refractivity contribution >= 4 is 0 Å². The van der Waals surface area contributed by atoms with Gasteiger partial charge in [-0.25, -0.2) is 0 Å². The number of hydrogen-bond acceptors (Lipinski definition) is 3. The van der Waals surface area contributed by atoms with Crippen molar-refractivity contribution in [3.05, 3.63) is 0 Å². The van der Waals surface area contributed by atoms with Crippen LogP contribution in [0, 0.1) is 11.8 Å². The van der Waals surface area contributed by atoms with Crippen LogP contribution in [0.2, 0.25) is 0 Å². The van der Waals surface area contributed by atoms with Crippen LogP contribution in [0.1, 0.15) is 32.6 Å². The Kier molecular flexibility index (Phi) is 4.00. The lowest BCUT2D eigenvalue weighted by Crippen LogP contribution is -2.39. The Morgan fingerprint density at radius 1 is 1.33 bits per heavy atom. The van der Waals surface area contributed by atoms with E-state index in [1.165, 1.54) is 19.3 Å². The van der Waals surface area contributed by atoms with Gasteiger partial charge in [0.05, 0.1) is 12.7 Å². The summed E-state index contributed by atoms with van der Waals surface area (Å²) in [7, 11) is 0. The number of ether oxygens (including phenoxy) is 1. The van der Waals surface area contributed by atoms with Gasteiger partial charge in [0, 0.05) is 25.1 Å². The molecule has 1 aliphatic heterocycles. The van der Waals surface area contributed by atoms with Gasteiger partial charge < -0.3 is 15.2 Å². The molecule has 88 valence electrons. The highest BCUT2D eigenvalue weighted by molar-refractivity contribution is 4.86. The molecule has 2 N–H and O–H groups in total. The summed E-state index contributed by atoms with van der Waals surface area (Å²) in [6.45, 7) is 4.52. The van der Waals surface area contributed by atoms with Crippen LogP contribution in [0.4, 0.5) is 0 Å². The van der Waals surface area contributed by atoms with E-state index in [1.54, 1.807) is 0 Å². The number of rotatable bonds is 6. The van der Waals surface area contributed by atoms with E-state index in [9.17, 15) is 5.11 Å². The zero-order valence-corrected chi connectivity index (χ0v) is 9.61. The molecule has 1 aliphatic carbocycles. The third-order valence-corrected chi connectivity index (χ3v) is 3.73. The summed E-state index contributed by atoms with van der Waals surface area (Å²) in [5, 5.41) is 13.5. The van der Waals surface area contributed by atoms with E-state index in [-0.39, 0.29) is 6.10 Å². The van der Waals surface area contributed by atoms with Crippen molar-refractivity contribution < 1.29 is 9.84 Å². The first-order valence-corrected chi connectivity index (χ1v) is 6.30. The van der Waals surface area contributed by atoms with Gasteiger partial charge in [-0.3, -0.25) is 0 Å². The second kappa shape index (κ2) is 5.28. The van der Waals surface area contributed by atoms with Gasteiger partial charge in [-0.05, 0) is 31.6 Å². The average Bonchev–Trinajstić information content (AvgIpc) is 2.94. The van der Waals surface area contributed by atoms with Crippen molar-refractivity contribution in [2.24, 2.45) is 11.8 Å². The highest BCUT2D eigenvalue weighted by atomic mass is 16.5. The Hall–Kier alpha value is -0.120. The largest absolute Gasteiger partial charge is 0.391 e. The lowest BCUT2D eigenvalue weighted by molar-refractivity contribution is 0.0875. The molecule has 0 bridgehead atoms. The maximum Gasteiger partial charge on any atom is 0.0715 e. The highest BCUT2D eigenvalue weighted by Gasteiger charge is 2.31. The quantitative estimate of drug-likeness (QED) is 0.696. The van der Waals surface area contributed by atoms with Crippen LogP contribution in [-0.2, 0) is 4.74 Å². The van der Waals surface area contributed by atoms with E-state index in [0.717, 1.165) is 32.1 Å². The molecule has 3 nitrogen and oxygen atoms in total. The normalized spacial score (nSPS) is 30.4. The lowest BCUT2D eigenvalue weighted by atomic mass is 10.0. The Morgan fingerprint density at radius 2 is 2.13 bits per heavy atom. The van der Waals surface area contributed by atoms with Gasteiger partial charge in [0.2, 0.25) is 0 Å². The van der Waals surface area contributed by atoms with Crippen molar-refractivity contribution in [3.8, 4) is 0 Å². The van der Waals surface area contributed by atoms with Gasteiger partial charge in [-0.1, -0.05) is 6.92 Å². The molecule has 0 amide bonds. The second-order valence-electron chi connectivity index (χ2n) is 4.95. The molecule has 0 radical (unpaired) electrons. The molecule has 1 heterocycles. The molecule has 0 spiro atoms. The van der Waals surface area contributed by atoms with Crippen molar-refractivity contribution in [1.29, 1.82) is 0 Å². The minimum atomic E-state index is -0.222. The molecule has 0 aromatic carbocycles. The fraction of sp³-hybridized carbons (Fsp3) is 1.00. The molecular formula is C12H23NO2. The van der Waals surface area contributed by atoms with E-state index in [1.807, 2.05) is 0 Å². The van der Waals surface area contributed by atoms with Crippen molar-refractivity contribution in [2.45, 2.75) is 44.8 Å². The summed E-state index contributed by atoms with van der Waals surface area (Å²) in [6.07, 6.45) is 4.71. The van der Waals surface area contributed by atoms with Gasteiger partial charge in [0.15, 0.2) is 0 Å². The SMILES string of the molecule is CCC(NCC(O)C1CCOC1)C1CC1. The van der Waals surface area contributed by atoms with Gasteiger partial charge in [0.1, 0.15) is 0 Å². The summed E-state index contributed by atoms with van der Waals surface area (Å²) in [5.74, 6) is 1.23. The molecule has 3 atom stereocenters. The molecule has 3 unspecified atom stereocenters. The molecule has 1 saturated heterocycles. The summed E-state index contributed by atoms with van der Waals surface area (Å²) < 4.78 is 5.28. The molecule has 0 aromatic heterocycles. The summed E-state index contributed by atoms with van der Waals surface area (Å²) in [6, 6.07) is 0.627. The van der Waals surface area contributed by atoms with Crippen molar-refractivity contribution in [2.75, 3.05) is 19.8 Å². The number of aliphatic hydroxyl groups is 1. The molecule has 2 fully saturated rings. The van der Waals surface area contributed by atoms with Gasteiger partial charge in [-0.2, -0.15) is 0 Å².